The van der Waals surface area contributed by atoms with E-state index in [2.05, 4.69) is 10.3 Å². The van der Waals surface area contributed by atoms with Crippen LogP contribution >= 0.6 is 11.8 Å². The molecule has 4 rings (SSSR count). The molecule has 9 heteroatoms. The van der Waals surface area contributed by atoms with Crippen LogP contribution in [-0.4, -0.2) is 53.7 Å². The topological polar surface area (TPSA) is 92.6 Å². The molecule has 0 radical (unpaired) electrons. The Hall–Kier alpha value is -3.33. The highest BCUT2D eigenvalue weighted by atomic mass is 32.2. The van der Waals surface area contributed by atoms with Crippen LogP contribution in [0.3, 0.4) is 0 Å². The van der Waals surface area contributed by atoms with Gasteiger partial charge in [0.2, 0.25) is 5.91 Å². The Balaban J connectivity index is 1.47. The Morgan fingerprint density at radius 2 is 1.94 bits per heavy atom. The van der Waals surface area contributed by atoms with Gasteiger partial charge in [-0.05, 0) is 24.6 Å². The van der Waals surface area contributed by atoms with Gasteiger partial charge in [0.15, 0.2) is 16.7 Å². The lowest BCUT2D eigenvalue weighted by molar-refractivity contribution is -0.120. The SMILES string of the molecule is CCCC1C(=O)N=C2c3ccccc3N=C(SCC(=O)NCc3cccc(OC)c3OC)N21. The normalized spacial score (nSPS) is 16.5. The number of amides is 2. The number of rotatable bonds is 8. The van der Waals surface area contributed by atoms with Crippen LogP contribution < -0.4 is 14.8 Å². The van der Waals surface area contributed by atoms with Crippen LogP contribution in [-0.2, 0) is 16.1 Å². The van der Waals surface area contributed by atoms with Crippen molar-refractivity contribution < 1.29 is 19.1 Å². The van der Waals surface area contributed by atoms with E-state index in [0.29, 0.717) is 35.5 Å². The van der Waals surface area contributed by atoms with Crippen molar-refractivity contribution in [3.05, 3.63) is 53.6 Å². The zero-order valence-corrected chi connectivity index (χ0v) is 19.6. The van der Waals surface area contributed by atoms with Crippen LogP contribution in [0.1, 0.15) is 30.9 Å². The number of carbonyl (C=O) groups excluding carboxylic acids is 2. The molecule has 1 N–H and O–H groups in total. The van der Waals surface area contributed by atoms with Gasteiger partial charge in [0, 0.05) is 17.7 Å². The van der Waals surface area contributed by atoms with Gasteiger partial charge in [-0.25, -0.2) is 4.99 Å². The van der Waals surface area contributed by atoms with Gasteiger partial charge < -0.3 is 14.8 Å². The average molecular weight is 467 g/mol. The standard InChI is InChI=1S/C24H26N4O4S/c1-4-8-18-23(30)27-22-16-10-5-6-11-17(16)26-24(28(18)22)33-14-20(29)25-13-15-9-7-12-19(31-2)21(15)32-3/h5-7,9-12,18H,4,8,13-14H2,1-3H3,(H,25,29). The molecule has 172 valence electrons. The van der Waals surface area contributed by atoms with Gasteiger partial charge >= 0.3 is 0 Å². The van der Waals surface area contributed by atoms with Crippen molar-refractivity contribution in [1.29, 1.82) is 0 Å². The van der Waals surface area contributed by atoms with E-state index in [1.807, 2.05) is 54.3 Å². The number of hydrogen-bond donors (Lipinski definition) is 1. The molecule has 2 aromatic carbocycles. The summed E-state index contributed by atoms with van der Waals surface area (Å²) in [6.07, 6.45) is 1.52. The number of aliphatic imine (C=N–C) groups is 2. The molecule has 1 unspecified atom stereocenters. The lowest BCUT2D eigenvalue weighted by atomic mass is 10.1. The minimum atomic E-state index is -0.381. The number of thioether (sulfide) groups is 1. The highest BCUT2D eigenvalue weighted by molar-refractivity contribution is 8.14. The van der Waals surface area contributed by atoms with Crippen molar-refractivity contribution in [3.63, 3.8) is 0 Å². The van der Waals surface area contributed by atoms with Crippen molar-refractivity contribution >= 4 is 40.3 Å². The molecule has 1 atom stereocenters. The number of amidine groups is 2. The largest absolute Gasteiger partial charge is 0.493 e. The number of fused-ring (bicyclic) bond motifs is 3. The first kappa shape index (κ1) is 22.8. The van der Waals surface area contributed by atoms with E-state index >= 15 is 0 Å². The molecule has 0 aliphatic carbocycles. The second kappa shape index (κ2) is 10.1. The fraction of sp³-hybridized carbons (Fsp3) is 0.333. The molecule has 2 aliphatic rings. The summed E-state index contributed by atoms with van der Waals surface area (Å²) in [5.41, 5.74) is 2.41. The Labute approximate surface area is 197 Å². The van der Waals surface area contributed by atoms with Crippen LogP contribution in [0.25, 0.3) is 0 Å². The Bertz CT molecular complexity index is 1130. The Morgan fingerprint density at radius 1 is 1.12 bits per heavy atom. The molecule has 8 nitrogen and oxygen atoms in total. The molecule has 2 aromatic rings. The van der Waals surface area contributed by atoms with E-state index in [9.17, 15) is 9.59 Å². The van der Waals surface area contributed by atoms with E-state index in [1.54, 1.807) is 14.2 Å². The van der Waals surface area contributed by atoms with Gasteiger partial charge in [-0.1, -0.05) is 49.4 Å². The van der Waals surface area contributed by atoms with Crippen molar-refractivity contribution in [2.75, 3.05) is 20.0 Å². The smallest absolute Gasteiger partial charge is 0.270 e. The van der Waals surface area contributed by atoms with Gasteiger partial charge in [-0.3, -0.25) is 14.5 Å². The quantitative estimate of drug-likeness (QED) is 0.640. The monoisotopic (exact) mass is 466 g/mol. The maximum Gasteiger partial charge on any atom is 0.270 e. The molecular formula is C24H26N4O4S. The molecule has 0 saturated heterocycles. The van der Waals surface area contributed by atoms with Crippen LogP contribution in [0.15, 0.2) is 52.4 Å². The molecular weight excluding hydrogens is 440 g/mol. The summed E-state index contributed by atoms with van der Waals surface area (Å²) >= 11 is 1.30. The summed E-state index contributed by atoms with van der Waals surface area (Å²) in [5.74, 6) is 1.67. The van der Waals surface area contributed by atoms with Gasteiger partial charge in [0.1, 0.15) is 11.9 Å². The van der Waals surface area contributed by atoms with E-state index in [0.717, 1.165) is 23.2 Å². The van der Waals surface area contributed by atoms with Gasteiger partial charge in [0.25, 0.3) is 5.91 Å². The zero-order valence-electron chi connectivity index (χ0n) is 18.8. The number of para-hydroxylation sites is 2. The lowest BCUT2D eigenvalue weighted by Crippen LogP contribution is -2.44. The maximum atomic E-state index is 12.6. The fourth-order valence-electron chi connectivity index (χ4n) is 3.92. The van der Waals surface area contributed by atoms with E-state index in [-0.39, 0.29) is 23.6 Å². The maximum absolute atomic E-state index is 12.6. The van der Waals surface area contributed by atoms with E-state index < -0.39 is 0 Å². The molecule has 33 heavy (non-hydrogen) atoms. The Morgan fingerprint density at radius 3 is 2.70 bits per heavy atom. The number of hydrogen-bond acceptors (Lipinski definition) is 7. The number of ether oxygens (including phenoxy) is 2. The van der Waals surface area contributed by atoms with Crippen molar-refractivity contribution in [2.24, 2.45) is 9.98 Å². The minimum absolute atomic E-state index is 0.150. The Kier molecular flexibility index (Phi) is 6.98. The summed E-state index contributed by atoms with van der Waals surface area (Å²) in [6, 6.07) is 12.8. The van der Waals surface area contributed by atoms with Crippen LogP contribution in [0, 0.1) is 0 Å². The minimum Gasteiger partial charge on any atom is -0.493 e. The summed E-state index contributed by atoms with van der Waals surface area (Å²) < 4.78 is 10.7. The second-order valence-electron chi connectivity index (χ2n) is 7.58. The molecule has 0 fully saturated rings. The van der Waals surface area contributed by atoms with Gasteiger partial charge in [0.05, 0.1) is 25.7 Å². The molecule has 0 aromatic heterocycles. The third-order valence-electron chi connectivity index (χ3n) is 5.46. The predicted molar refractivity (Wildman–Crippen MR) is 129 cm³/mol. The second-order valence-corrected chi connectivity index (χ2v) is 8.52. The molecule has 0 bridgehead atoms. The lowest BCUT2D eigenvalue weighted by Gasteiger charge is -2.30. The first-order chi connectivity index (χ1) is 16.1. The van der Waals surface area contributed by atoms with E-state index in [4.69, 9.17) is 14.5 Å². The highest BCUT2D eigenvalue weighted by Gasteiger charge is 2.41. The predicted octanol–water partition coefficient (Wildman–Crippen LogP) is 3.51. The first-order valence-electron chi connectivity index (χ1n) is 10.8. The van der Waals surface area contributed by atoms with Crippen LogP contribution in [0.2, 0.25) is 0 Å². The van der Waals surface area contributed by atoms with Crippen molar-refractivity contribution in [1.82, 2.24) is 10.2 Å². The number of nitrogens with zero attached hydrogens (tertiary/aromatic N) is 3. The summed E-state index contributed by atoms with van der Waals surface area (Å²) in [4.78, 5) is 36.2. The number of nitrogens with one attached hydrogen (secondary N) is 1. The average Bonchev–Trinajstić information content (AvgIpc) is 3.17. The summed E-state index contributed by atoms with van der Waals surface area (Å²) in [7, 11) is 3.15. The van der Waals surface area contributed by atoms with Crippen molar-refractivity contribution in [2.45, 2.75) is 32.4 Å². The zero-order chi connectivity index (χ0) is 23.4. The molecule has 2 amide bonds. The summed E-state index contributed by atoms with van der Waals surface area (Å²) in [5, 5.41) is 3.54. The first-order valence-corrected chi connectivity index (χ1v) is 11.7. The number of benzene rings is 2. The molecule has 2 heterocycles. The third kappa shape index (κ3) is 4.59. The summed E-state index contributed by atoms with van der Waals surface area (Å²) in [6.45, 7) is 2.34. The highest BCUT2D eigenvalue weighted by Crippen LogP contribution is 2.35. The number of methoxy groups -OCH3 is 2. The van der Waals surface area contributed by atoms with Crippen LogP contribution in [0.4, 0.5) is 5.69 Å². The fourth-order valence-corrected chi connectivity index (χ4v) is 4.80. The van der Waals surface area contributed by atoms with Crippen molar-refractivity contribution in [3.8, 4) is 11.5 Å². The molecule has 2 aliphatic heterocycles. The van der Waals surface area contributed by atoms with Crippen LogP contribution in [0.5, 0.6) is 11.5 Å². The van der Waals surface area contributed by atoms with Gasteiger partial charge in [-0.2, -0.15) is 4.99 Å². The molecule has 0 spiro atoms. The third-order valence-corrected chi connectivity index (χ3v) is 6.42. The van der Waals surface area contributed by atoms with Gasteiger partial charge in [-0.15, -0.1) is 0 Å². The molecule has 0 saturated carbocycles. The number of carbonyl (C=O) groups is 2. The van der Waals surface area contributed by atoms with E-state index in [1.165, 1.54) is 11.8 Å².